The van der Waals surface area contributed by atoms with Crippen LogP contribution in [-0.4, -0.2) is 28.3 Å². The first-order chi connectivity index (χ1) is 3.55. The zero-order chi connectivity index (χ0) is 6.73. The number of aliphatic carboxylic acids is 1. The van der Waals surface area contributed by atoms with Gasteiger partial charge in [0.15, 0.2) is 0 Å². The van der Waals surface area contributed by atoms with Crippen LogP contribution in [-0.2, 0) is 4.79 Å². The largest absolute Gasteiger partial charge is 0.480 e. The number of aliphatic hydroxyl groups is 1. The van der Waals surface area contributed by atoms with E-state index in [0.717, 1.165) is 0 Å². The van der Waals surface area contributed by atoms with Gasteiger partial charge in [-0.1, -0.05) is 0 Å². The van der Waals surface area contributed by atoms with Crippen LogP contribution in [0, 0.1) is 0 Å². The molecule has 4 N–H and O–H groups in total. The molecule has 0 amide bonds. The maximum atomic E-state index is 9.86. The number of hydrogen-bond acceptors (Lipinski definition) is 3. The molecule has 0 aromatic carbocycles. The predicted octanol–water partition coefficient (Wildman–Crippen LogP) is -0.799. The van der Waals surface area contributed by atoms with Crippen molar-refractivity contribution >= 4 is 18.4 Å². The van der Waals surface area contributed by atoms with Crippen LogP contribution in [0.3, 0.4) is 0 Å². The smallest absolute Gasteiger partial charge is 0.323 e. The highest BCUT2D eigenvalue weighted by atomic mass is 35.5. The topological polar surface area (TPSA) is 83.5 Å². The number of rotatable bonds is 2. The van der Waals surface area contributed by atoms with Gasteiger partial charge in [-0.15, -0.1) is 12.4 Å². The molecule has 5 heteroatoms. The molecule has 4 nitrogen and oxygen atoms in total. The van der Waals surface area contributed by atoms with Gasteiger partial charge in [0.2, 0.25) is 0 Å². The van der Waals surface area contributed by atoms with Gasteiger partial charge in [-0.2, -0.15) is 0 Å². The third-order valence-corrected chi connectivity index (χ3v) is 0.805. The second kappa shape index (κ2) is 4.55. The van der Waals surface area contributed by atoms with E-state index in [1.165, 1.54) is 6.92 Å². The van der Waals surface area contributed by atoms with Gasteiger partial charge in [-0.3, -0.25) is 4.79 Å². The molecule has 0 rings (SSSR count). The monoisotopic (exact) mass is 155 g/mol. The number of carboxylic acids is 1. The third kappa shape index (κ3) is 4.20. The van der Waals surface area contributed by atoms with Crippen LogP contribution in [0.25, 0.3) is 0 Å². The van der Waals surface area contributed by atoms with Crippen LogP contribution >= 0.6 is 12.4 Å². The number of carbonyl (C=O) groups is 1. The summed E-state index contributed by atoms with van der Waals surface area (Å²) in [4.78, 5) is 9.86. The van der Waals surface area contributed by atoms with Gasteiger partial charge in [0.25, 0.3) is 0 Å². The summed E-state index contributed by atoms with van der Waals surface area (Å²) in [5, 5.41) is 16.6. The summed E-state index contributed by atoms with van der Waals surface area (Å²) in [5.74, 6) is -1.18. The van der Waals surface area contributed by atoms with E-state index >= 15 is 0 Å². The van der Waals surface area contributed by atoms with Crippen molar-refractivity contribution in [1.29, 1.82) is 0 Å². The zero-order valence-electron chi connectivity index (χ0n) is 4.94. The van der Waals surface area contributed by atoms with Crippen LogP contribution in [0.2, 0.25) is 0 Å². The number of carboxylic acid groups (broad SMARTS) is 1. The Morgan fingerprint density at radius 2 is 2.00 bits per heavy atom. The van der Waals surface area contributed by atoms with Gasteiger partial charge in [-0.25, -0.2) is 0 Å². The van der Waals surface area contributed by atoms with E-state index in [4.69, 9.17) is 15.9 Å². The molecule has 0 aliphatic rings. The number of aliphatic hydroxyl groups excluding tert-OH is 1. The van der Waals surface area contributed by atoms with Crippen molar-refractivity contribution in [1.82, 2.24) is 0 Å². The molecule has 0 aliphatic heterocycles. The fraction of sp³-hybridized carbons (Fsp3) is 0.750. The molecule has 0 aromatic heterocycles. The highest BCUT2D eigenvalue weighted by Crippen LogP contribution is 1.85. The number of halogens is 1. The van der Waals surface area contributed by atoms with E-state index < -0.39 is 18.1 Å². The molecule has 0 unspecified atom stereocenters. The molecular formula is C4H10ClNO3. The molecule has 56 valence electrons. The van der Waals surface area contributed by atoms with Gasteiger partial charge >= 0.3 is 5.97 Å². The summed E-state index contributed by atoms with van der Waals surface area (Å²) in [7, 11) is 0. The lowest BCUT2D eigenvalue weighted by Crippen LogP contribution is -2.39. The summed E-state index contributed by atoms with van der Waals surface area (Å²) in [6, 6.07) is -1.16. The minimum absolute atomic E-state index is 0. The molecule has 0 saturated carbocycles. The van der Waals surface area contributed by atoms with Crippen LogP contribution in [0.1, 0.15) is 6.92 Å². The number of nitrogens with two attached hydrogens (primary N) is 1. The van der Waals surface area contributed by atoms with E-state index in [-0.39, 0.29) is 12.4 Å². The molecule has 9 heavy (non-hydrogen) atoms. The van der Waals surface area contributed by atoms with Gasteiger partial charge in [-0.05, 0) is 6.92 Å². The maximum Gasteiger partial charge on any atom is 0.323 e. The SMILES string of the molecule is C[C@@H](O)[C@@H](N)C(=O)O.Cl. The molecule has 0 bridgehead atoms. The third-order valence-electron chi connectivity index (χ3n) is 0.805. The fourth-order valence-electron chi connectivity index (χ4n) is 0.206. The lowest BCUT2D eigenvalue weighted by atomic mass is 10.2. The Hall–Kier alpha value is -0.320. The van der Waals surface area contributed by atoms with Crippen LogP contribution in [0.15, 0.2) is 0 Å². The maximum absolute atomic E-state index is 9.86. The van der Waals surface area contributed by atoms with Crippen molar-refractivity contribution in [2.24, 2.45) is 5.73 Å². The quantitative estimate of drug-likeness (QED) is 0.488. The van der Waals surface area contributed by atoms with Crippen molar-refractivity contribution in [2.45, 2.75) is 19.1 Å². The molecule has 0 aliphatic carbocycles. The minimum atomic E-state index is -1.18. The number of hydrogen-bond donors (Lipinski definition) is 3. The molecule has 0 heterocycles. The summed E-state index contributed by atoms with van der Waals surface area (Å²) in [5.41, 5.74) is 4.91. The Morgan fingerprint density at radius 3 is 2.00 bits per heavy atom. The molecule has 0 aromatic rings. The Labute approximate surface area is 59.1 Å². The van der Waals surface area contributed by atoms with E-state index in [0.29, 0.717) is 0 Å². The Balaban J connectivity index is 0. The van der Waals surface area contributed by atoms with Crippen molar-refractivity contribution in [3.05, 3.63) is 0 Å². The molecule has 0 radical (unpaired) electrons. The Morgan fingerprint density at radius 1 is 1.67 bits per heavy atom. The summed E-state index contributed by atoms with van der Waals surface area (Å²) in [6.07, 6.45) is -0.979. The molecule has 0 saturated heterocycles. The van der Waals surface area contributed by atoms with Crippen LogP contribution < -0.4 is 5.73 Å². The van der Waals surface area contributed by atoms with E-state index in [9.17, 15) is 4.79 Å². The standard InChI is InChI=1S/C4H9NO3.ClH/c1-2(6)3(5)4(7)8;/h2-3,6H,5H2,1H3,(H,7,8);1H/t2-,3-;/m1./s1. The molecule has 2 atom stereocenters. The van der Waals surface area contributed by atoms with Crippen molar-refractivity contribution in [3.63, 3.8) is 0 Å². The predicted molar refractivity (Wildman–Crippen MR) is 34.5 cm³/mol. The van der Waals surface area contributed by atoms with Crippen LogP contribution in [0.5, 0.6) is 0 Å². The fourth-order valence-corrected chi connectivity index (χ4v) is 0.206. The lowest BCUT2D eigenvalue weighted by molar-refractivity contribution is -0.140. The molecule has 0 spiro atoms. The highest BCUT2D eigenvalue weighted by molar-refractivity contribution is 5.85. The first kappa shape index (κ1) is 11.5. The average molecular weight is 156 g/mol. The van der Waals surface area contributed by atoms with Gasteiger partial charge in [0, 0.05) is 0 Å². The second-order valence-electron chi connectivity index (χ2n) is 1.60. The second-order valence-corrected chi connectivity index (χ2v) is 1.60. The van der Waals surface area contributed by atoms with Gasteiger partial charge < -0.3 is 15.9 Å². The first-order valence-corrected chi connectivity index (χ1v) is 2.22. The normalized spacial score (nSPS) is 15.4. The average Bonchev–Trinajstić information content (AvgIpc) is 1.64. The lowest BCUT2D eigenvalue weighted by Gasteiger charge is -2.06. The van der Waals surface area contributed by atoms with E-state index in [2.05, 4.69) is 0 Å². The van der Waals surface area contributed by atoms with E-state index in [1.54, 1.807) is 0 Å². The first-order valence-electron chi connectivity index (χ1n) is 2.22. The Kier molecular flexibility index (Phi) is 5.80. The highest BCUT2D eigenvalue weighted by Gasteiger charge is 2.16. The molecule has 0 fully saturated rings. The zero-order valence-corrected chi connectivity index (χ0v) is 5.76. The Bertz CT molecular complexity index is 95.8. The van der Waals surface area contributed by atoms with Gasteiger partial charge in [0.1, 0.15) is 6.04 Å². The van der Waals surface area contributed by atoms with Crippen molar-refractivity contribution in [3.8, 4) is 0 Å². The molecular weight excluding hydrogens is 146 g/mol. The summed E-state index contributed by atoms with van der Waals surface area (Å²) >= 11 is 0. The summed E-state index contributed by atoms with van der Waals surface area (Å²) in [6.45, 7) is 1.33. The minimum Gasteiger partial charge on any atom is -0.480 e. The van der Waals surface area contributed by atoms with E-state index in [1.807, 2.05) is 0 Å². The van der Waals surface area contributed by atoms with Crippen molar-refractivity contribution in [2.75, 3.05) is 0 Å². The summed E-state index contributed by atoms with van der Waals surface area (Å²) < 4.78 is 0. The van der Waals surface area contributed by atoms with Crippen LogP contribution in [0.4, 0.5) is 0 Å². The van der Waals surface area contributed by atoms with Crippen molar-refractivity contribution < 1.29 is 15.0 Å². The van der Waals surface area contributed by atoms with Gasteiger partial charge in [0.05, 0.1) is 6.10 Å².